The molecule has 1 amide bonds. The molecule has 0 atom stereocenters. The van der Waals surface area contributed by atoms with E-state index in [9.17, 15) is 14.7 Å². The number of benzene rings is 3. The summed E-state index contributed by atoms with van der Waals surface area (Å²) in [6.07, 6.45) is 3.65. The Morgan fingerprint density at radius 2 is 1.58 bits per heavy atom. The number of amides is 1. The maximum Gasteiger partial charge on any atom is 0.225 e. The van der Waals surface area contributed by atoms with Crippen LogP contribution in [-0.2, 0) is 4.79 Å². The number of phenolic OH excluding ortho intramolecular Hbond substituents is 1. The van der Waals surface area contributed by atoms with Crippen molar-refractivity contribution in [2.24, 2.45) is 0 Å². The van der Waals surface area contributed by atoms with Crippen molar-refractivity contribution < 1.29 is 14.3 Å². The van der Waals surface area contributed by atoms with E-state index in [0.717, 1.165) is 27.8 Å². The van der Waals surface area contributed by atoms with Gasteiger partial charge in [0.25, 0.3) is 0 Å². The zero-order valence-corrected chi connectivity index (χ0v) is 25.8. The summed E-state index contributed by atoms with van der Waals surface area (Å²) in [5, 5.41) is 33.2. The lowest BCUT2D eigenvalue weighted by molar-refractivity contribution is -0.116. The van der Waals surface area contributed by atoms with Gasteiger partial charge in [-0.2, -0.15) is 0 Å². The highest BCUT2D eigenvalue weighted by Crippen LogP contribution is 2.40. The summed E-state index contributed by atoms with van der Waals surface area (Å²) >= 11 is 5.51. The molecule has 0 radical (unpaired) electrons. The molecule has 0 bridgehead atoms. The molecular formula is C35H24N8O4S. The van der Waals surface area contributed by atoms with E-state index in [0.29, 0.717) is 51.5 Å². The Morgan fingerprint density at radius 3 is 2.33 bits per heavy atom. The van der Waals surface area contributed by atoms with Crippen LogP contribution < -0.4 is 16.1 Å². The molecule has 48 heavy (non-hydrogen) atoms. The average Bonchev–Trinajstić information content (AvgIpc) is 3.11. The summed E-state index contributed by atoms with van der Waals surface area (Å²) in [7, 11) is 0. The van der Waals surface area contributed by atoms with Gasteiger partial charge in [0.1, 0.15) is 28.6 Å². The van der Waals surface area contributed by atoms with Gasteiger partial charge in [-0.1, -0.05) is 30.4 Å². The first-order valence-corrected chi connectivity index (χ1v) is 15.2. The fraction of sp³-hybridized carbons (Fsp3) is 0.0571. The third-order valence-corrected chi connectivity index (χ3v) is 7.68. The van der Waals surface area contributed by atoms with Gasteiger partial charge in [0.15, 0.2) is 5.43 Å². The number of nitrogens with zero attached hydrogens (tertiary/aromatic N) is 6. The number of hydrogen-bond acceptors (Lipinski definition) is 11. The van der Waals surface area contributed by atoms with Crippen LogP contribution in [0.5, 0.6) is 5.75 Å². The van der Waals surface area contributed by atoms with E-state index in [1.165, 1.54) is 24.4 Å². The molecule has 3 aromatic heterocycles. The van der Waals surface area contributed by atoms with Gasteiger partial charge in [-0.05, 0) is 66.2 Å². The third-order valence-electron chi connectivity index (χ3n) is 7.38. The third kappa shape index (κ3) is 6.57. The van der Waals surface area contributed by atoms with Gasteiger partial charge >= 0.3 is 0 Å². The quantitative estimate of drug-likeness (QED) is 0.127. The van der Waals surface area contributed by atoms with Crippen LogP contribution in [0.15, 0.2) is 113 Å². The Morgan fingerprint density at radius 1 is 0.792 bits per heavy atom. The molecule has 3 N–H and O–H groups in total. The van der Waals surface area contributed by atoms with Crippen LogP contribution in [0, 0.1) is 0 Å². The molecule has 12 nitrogen and oxygen atoms in total. The second-order valence-corrected chi connectivity index (χ2v) is 11.2. The van der Waals surface area contributed by atoms with E-state index >= 15 is 0 Å². The van der Waals surface area contributed by atoms with Crippen molar-refractivity contribution in [3.05, 3.63) is 114 Å². The van der Waals surface area contributed by atoms with Crippen LogP contribution in [0.3, 0.4) is 0 Å². The van der Waals surface area contributed by atoms with Crippen LogP contribution >= 0.6 is 12.2 Å². The Kier molecular flexibility index (Phi) is 8.24. The molecule has 5 aromatic rings. The van der Waals surface area contributed by atoms with Crippen molar-refractivity contribution in [3.8, 4) is 51.1 Å². The van der Waals surface area contributed by atoms with Gasteiger partial charge in [-0.25, -0.2) is 4.98 Å². The molecule has 0 spiro atoms. The molecular weight excluding hydrogens is 629 g/mol. The second kappa shape index (κ2) is 13.1. The monoisotopic (exact) mass is 652 g/mol. The lowest BCUT2D eigenvalue weighted by Crippen LogP contribution is -2.16. The van der Waals surface area contributed by atoms with Crippen molar-refractivity contribution in [2.45, 2.75) is 12.8 Å². The van der Waals surface area contributed by atoms with Gasteiger partial charge in [-0.3, -0.25) is 14.6 Å². The molecule has 2 aromatic carbocycles. The lowest BCUT2D eigenvalue weighted by atomic mass is 9.93. The zero-order valence-electron chi connectivity index (χ0n) is 25.0. The van der Waals surface area contributed by atoms with E-state index in [1.54, 1.807) is 48.7 Å². The Balaban J connectivity index is 0.956. The van der Waals surface area contributed by atoms with Crippen molar-refractivity contribution in [3.63, 3.8) is 0 Å². The molecule has 234 valence electrons. The number of rotatable bonds is 8. The second-order valence-electron chi connectivity index (χ2n) is 10.7. The van der Waals surface area contributed by atoms with Crippen LogP contribution in [-0.4, -0.2) is 46.4 Å². The van der Waals surface area contributed by atoms with E-state index in [2.05, 4.69) is 41.0 Å². The van der Waals surface area contributed by atoms with Crippen LogP contribution in [0.25, 0.3) is 56.3 Å². The smallest absolute Gasteiger partial charge is 0.225 e. The summed E-state index contributed by atoms with van der Waals surface area (Å²) in [4.78, 5) is 33.6. The fourth-order valence-electron chi connectivity index (χ4n) is 5.09. The van der Waals surface area contributed by atoms with Crippen molar-refractivity contribution in [1.29, 1.82) is 0 Å². The number of phenols is 1. The van der Waals surface area contributed by atoms with E-state index < -0.39 is 0 Å². The highest BCUT2D eigenvalue weighted by Gasteiger charge is 2.18. The van der Waals surface area contributed by atoms with E-state index in [1.807, 2.05) is 30.3 Å². The summed E-state index contributed by atoms with van der Waals surface area (Å²) in [6.45, 7) is 0. The van der Waals surface area contributed by atoms with Crippen LogP contribution in [0.1, 0.15) is 12.8 Å². The topological polar surface area (TPSA) is 169 Å². The number of pyridine rings is 2. The SMILES string of the molecule is O=C(CCC(=S)Nc1ccc(-c2c3ccc(=O)cc-3oc3cc(O)ccc23)cc1)Nc1ccc(-c2nnc(-c3ccccn3)nn2)cn1. The number of nitrogens with one attached hydrogen (secondary N) is 2. The maximum absolute atomic E-state index is 12.6. The fourth-order valence-corrected chi connectivity index (χ4v) is 5.31. The van der Waals surface area contributed by atoms with Gasteiger partial charge in [0.05, 0.1) is 4.99 Å². The minimum Gasteiger partial charge on any atom is -0.508 e. The summed E-state index contributed by atoms with van der Waals surface area (Å²) in [5.74, 6) is 1.24. The molecule has 13 heteroatoms. The molecule has 0 saturated heterocycles. The van der Waals surface area contributed by atoms with Crippen LogP contribution in [0.2, 0.25) is 0 Å². The minimum atomic E-state index is -0.241. The molecule has 0 unspecified atom stereocenters. The largest absolute Gasteiger partial charge is 0.508 e. The number of thiocarbonyl (C=S) groups is 1. The first-order valence-electron chi connectivity index (χ1n) is 14.7. The number of aromatic hydroxyl groups is 1. The standard InChI is InChI=1S/C35H24N8O4S/c44-23-9-11-25-28(17-23)47-29-18-24(45)10-12-26(29)33(25)20-4-7-22(8-5-20)38-32(48)15-14-31(46)39-30-13-6-21(19-37-30)34-40-42-35(43-41-34)27-3-1-2-16-36-27/h1-13,16-19,44H,14-15H2,(H,38,48)(H,37,39,46). The van der Waals surface area contributed by atoms with Crippen molar-refractivity contribution in [2.75, 3.05) is 10.6 Å². The van der Waals surface area contributed by atoms with Gasteiger partial charge < -0.3 is 20.2 Å². The van der Waals surface area contributed by atoms with Gasteiger partial charge in [0, 0.05) is 65.1 Å². The van der Waals surface area contributed by atoms with Gasteiger partial charge in [0.2, 0.25) is 17.6 Å². The number of carbonyl (C=O) groups excluding carboxylic acids is 1. The predicted octanol–water partition coefficient (Wildman–Crippen LogP) is 6.13. The molecule has 7 rings (SSSR count). The number of hydrogen-bond donors (Lipinski definition) is 3. The first-order chi connectivity index (χ1) is 23.4. The Bertz CT molecular complexity index is 2300. The normalized spacial score (nSPS) is 11.0. The molecule has 0 saturated carbocycles. The molecule has 1 aliphatic carbocycles. The predicted molar refractivity (Wildman–Crippen MR) is 184 cm³/mol. The molecule has 2 aliphatic rings. The highest BCUT2D eigenvalue weighted by atomic mass is 32.1. The Labute approximate surface area is 277 Å². The average molecular weight is 653 g/mol. The number of aromatic nitrogens is 6. The highest BCUT2D eigenvalue weighted by molar-refractivity contribution is 7.80. The first kappa shape index (κ1) is 30.2. The maximum atomic E-state index is 12.6. The summed E-state index contributed by atoms with van der Waals surface area (Å²) in [6, 6.07) is 26.0. The number of carbonyl (C=O) groups is 1. The van der Waals surface area contributed by atoms with E-state index in [-0.39, 0.29) is 23.5 Å². The van der Waals surface area contributed by atoms with E-state index in [4.69, 9.17) is 16.6 Å². The summed E-state index contributed by atoms with van der Waals surface area (Å²) in [5.41, 5.74) is 4.75. The lowest BCUT2D eigenvalue weighted by Gasteiger charge is -2.16. The van der Waals surface area contributed by atoms with Crippen molar-refractivity contribution >= 4 is 45.6 Å². The minimum absolute atomic E-state index is 0.0654. The number of anilines is 2. The molecule has 4 heterocycles. The Hall–Kier alpha value is -6.47. The van der Waals surface area contributed by atoms with Crippen LogP contribution in [0.4, 0.5) is 11.5 Å². The molecule has 0 fully saturated rings. The zero-order chi connectivity index (χ0) is 33.0. The van der Waals surface area contributed by atoms with Gasteiger partial charge in [-0.15, -0.1) is 20.4 Å². The summed E-state index contributed by atoms with van der Waals surface area (Å²) < 4.78 is 5.93. The number of fused-ring (bicyclic) bond motifs is 2. The van der Waals surface area contributed by atoms with Crippen molar-refractivity contribution in [1.82, 2.24) is 30.4 Å². The molecule has 1 aliphatic heterocycles.